The van der Waals surface area contributed by atoms with Gasteiger partial charge < -0.3 is 16.0 Å². The van der Waals surface area contributed by atoms with E-state index >= 15 is 0 Å². The third-order valence-electron chi connectivity index (χ3n) is 4.07. The van der Waals surface area contributed by atoms with Crippen molar-refractivity contribution in [2.24, 2.45) is 0 Å². The van der Waals surface area contributed by atoms with E-state index in [0.29, 0.717) is 29.2 Å². The second kappa shape index (κ2) is 6.89. The van der Waals surface area contributed by atoms with Crippen LogP contribution in [0.15, 0.2) is 18.3 Å². The van der Waals surface area contributed by atoms with Crippen molar-refractivity contribution in [2.45, 2.75) is 26.3 Å². The topological polar surface area (TPSA) is 95.0 Å². The largest absolute Gasteiger partial charge is 0.389 e. The monoisotopic (exact) mass is 341 g/mol. The first-order valence-electron chi connectivity index (χ1n) is 7.93. The van der Waals surface area contributed by atoms with Crippen molar-refractivity contribution >= 4 is 28.1 Å². The van der Waals surface area contributed by atoms with E-state index in [0.717, 1.165) is 35.6 Å². The van der Waals surface area contributed by atoms with E-state index in [1.165, 1.54) is 11.3 Å². The molecule has 2 aromatic heterocycles. The molecule has 124 valence electrons. The van der Waals surface area contributed by atoms with Crippen LogP contribution in [0.4, 0.5) is 10.8 Å². The second-order valence-corrected chi connectivity index (χ2v) is 6.82. The van der Waals surface area contributed by atoms with E-state index < -0.39 is 0 Å². The zero-order valence-electron chi connectivity index (χ0n) is 13.5. The third kappa shape index (κ3) is 3.05. The summed E-state index contributed by atoms with van der Waals surface area (Å²) in [4.78, 5) is 19.6. The fourth-order valence-electron chi connectivity index (χ4n) is 2.79. The van der Waals surface area contributed by atoms with Crippen LogP contribution in [0.3, 0.4) is 0 Å². The number of nitrogen functional groups attached to an aromatic ring is 1. The molecular weight excluding hydrogens is 322 g/mol. The number of anilines is 2. The van der Waals surface area contributed by atoms with Crippen molar-refractivity contribution in [3.05, 3.63) is 39.9 Å². The van der Waals surface area contributed by atoms with E-state index in [1.54, 1.807) is 12.3 Å². The highest BCUT2D eigenvalue weighted by molar-refractivity contribution is 7.16. The average molecular weight is 341 g/mol. The fourth-order valence-corrected chi connectivity index (χ4v) is 3.88. The molecule has 0 saturated carbocycles. The van der Waals surface area contributed by atoms with Gasteiger partial charge in [-0.1, -0.05) is 6.92 Å². The van der Waals surface area contributed by atoms with Crippen molar-refractivity contribution in [1.82, 2.24) is 10.3 Å². The highest BCUT2D eigenvalue weighted by Gasteiger charge is 2.24. The number of carbonyl (C=O) groups is 1. The van der Waals surface area contributed by atoms with Crippen LogP contribution in [0.1, 0.15) is 39.7 Å². The van der Waals surface area contributed by atoms with Gasteiger partial charge in [0.25, 0.3) is 5.91 Å². The van der Waals surface area contributed by atoms with Crippen LogP contribution in [-0.4, -0.2) is 24.0 Å². The van der Waals surface area contributed by atoms with Crippen molar-refractivity contribution in [1.29, 1.82) is 5.26 Å². The molecule has 2 aromatic rings. The van der Waals surface area contributed by atoms with Crippen molar-refractivity contribution < 1.29 is 4.79 Å². The Morgan fingerprint density at radius 2 is 2.38 bits per heavy atom. The number of pyridine rings is 1. The van der Waals surface area contributed by atoms with E-state index in [1.807, 2.05) is 13.0 Å². The number of nitrogens with one attached hydrogen (secondary N) is 1. The molecule has 0 aromatic carbocycles. The lowest BCUT2D eigenvalue weighted by atomic mass is 10.0. The summed E-state index contributed by atoms with van der Waals surface area (Å²) in [6, 6.07) is 5.87. The van der Waals surface area contributed by atoms with E-state index in [-0.39, 0.29) is 5.91 Å². The molecular formula is C17H19N5OS. The predicted octanol–water partition coefficient (Wildman–Crippen LogP) is 2.30. The molecule has 24 heavy (non-hydrogen) atoms. The van der Waals surface area contributed by atoms with Gasteiger partial charge in [-0.2, -0.15) is 5.26 Å². The Balaban J connectivity index is 1.74. The van der Waals surface area contributed by atoms with Crippen LogP contribution in [0.2, 0.25) is 0 Å². The Hall–Kier alpha value is -2.59. The van der Waals surface area contributed by atoms with E-state index in [4.69, 9.17) is 5.73 Å². The van der Waals surface area contributed by atoms with Gasteiger partial charge in [0, 0.05) is 24.2 Å². The number of nitriles is 1. The van der Waals surface area contributed by atoms with E-state index in [2.05, 4.69) is 21.3 Å². The first-order chi connectivity index (χ1) is 11.6. The Kier molecular flexibility index (Phi) is 4.67. The number of fused-ring (bicyclic) bond motifs is 1. The quantitative estimate of drug-likeness (QED) is 0.890. The molecule has 1 aliphatic rings. The van der Waals surface area contributed by atoms with Crippen molar-refractivity contribution in [3.63, 3.8) is 0 Å². The van der Waals surface area contributed by atoms with Gasteiger partial charge >= 0.3 is 0 Å². The third-order valence-corrected chi connectivity index (χ3v) is 5.11. The van der Waals surface area contributed by atoms with Gasteiger partial charge in [0.1, 0.15) is 16.9 Å². The SMILES string of the molecule is CCCNC(=O)c1ccc(N2CCc3c(sc(N)c3C#N)C2)nc1. The molecule has 0 fully saturated rings. The normalized spacial score (nSPS) is 13.2. The fraction of sp³-hybridized carbons (Fsp3) is 0.353. The Morgan fingerprint density at radius 3 is 3.04 bits per heavy atom. The van der Waals surface area contributed by atoms with Gasteiger partial charge in [-0.3, -0.25) is 4.79 Å². The summed E-state index contributed by atoms with van der Waals surface area (Å²) in [5, 5.41) is 12.6. The lowest BCUT2D eigenvalue weighted by molar-refractivity contribution is 0.0953. The second-order valence-electron chi connectivity index (χ2n) is 5.69. The van der Waals surface area contributed by atoms with Gasteiger partial charge in [-0.05, 0) is 30.5 Å². The molecule has 3 rings (SSSR count). The average Bonchev–Trinajstić information content (AvgIpc) is 2.93. The number of rotatable bonds is 4. The Labute approximate surface area is 144 Å². The van der Waals surface area contributed by atoms with Gasteiger partial charge in [-0.25, -0.2) is 4.98 Å². The predicted molar refractivity (Wildman–Crippen MR) is 95.1 cm³/mol. The van der Waals surface area contributed by atoms with Crippen LogP contribution in [0, 0.1) is 11.3 Å². The molecule has 0 radical (unpaired) electrons. The molecule has 3 heterocycles. The maximum absolute atomic E-state index is 11.9. The number of amides is 1. The minimum absolute atomic E-state index is 0.0958. The van der Waals surface area contributed by atoms with Crippen LogP contribution in [-0.2, 0) is 13.0 Å². The summed E-state index contributed by atoms with van der Waals surface area (Å²) in [5.74, 6) is 0.736. The van der Waals surface area contributed by atoms with Gasteiger partial charge in [-0.15, -0.1) is 11.3 Å². The number of thiophene rings is 1. The summed E-state index contributed by atoms with van der Waals surface area (Å²) < 4.78 is 0. The minimum Gasteiger partial charge on any atom is -0.389 e. The molecule has 0 saturated heterocycles. The molecule has 0 atom stereocenters. The first kappa shape index (κ1) is 16.3. The lowest BCUT2D eigenvalue weighted by Crippen LogP contribution is -2.30. The molecule has 0 aliphatic carbocycles. The summed E-state index contributed by atoms with van der Waals surface area (Å²) in [7, 11) is 0. The molecule has 6 nitrogen and oxygen atoms in total. The number of aromatic nitrogens is 1. The number of hydrogen-bond donors (Lipinski definition) is 2. The summed E-state index contributed by atoms with van der Waals surface area (Å²) in [5.41, 5.74) is 8.20. The summed E-state index contributed by atoms with van der Waals surface area (Å²) in [6.45, 7) is 4.16. The molecule has 7 heteroatoms. The highest BCUT2D eigenvalue weighted by Crippen LogP contribution is 2.35. The summed E-state index contributed by atoms with van der Waals surface area (Å²) in [6.07, 6.45) is 3.30. The van der Waals surface area contributed by atoms with Gasteiger partial charge in [0.2, 0.25) is 0 Å². The molecule has 1 aliphatic heterocycles. The number of hydrogen-bond acceptors (Lipinski definition) is 6. The smallest absolute Gasteiger partial charge is 0.252 e. The first-order valence-corrected chi connectivity index (χ1v) is 8.75. The van der Waals surface area contributed by atoms with Crippen molar-refractivity contribution in [3.8, 4) is 6.07 Å². The lowest BCUT2D eigenvalue weighted by Gasteiger charge is -2.28. The number of nitrogens with zero attached hydrogens (tertiary/aromatic N) is 3. The standard InChI is InChI=1S/C17H19N5OS/c1-2-6-20-17(23)11-3-4-15(21-9-11)22-7-5-12-13(8-18)16(19)24-14(12)10-22/h3-4,9H,2,5-7,10,19H2,1H3,(H,20,23). The van der Waals surface area contributed by atoms with Crippen LogP contribution >= 0.6 is 11.3 Å². The highest BCUT2D eigenvalue weighted by atomic mass is 32.1. The minimum atomic E-state index is -0.0958. The Morgan fingerprint density at radius 1 is 1.54 bits per heavy atom. The number of nitrogens with two attached hydrogens (primary N) is 1. The maximum Gasteiger partial charge on any atom is 0.252 e. The van der Waals surface area contributed by atoms with Crippen molar-refractivity contribution in [2.75, 3.05) is 23.7 Å². The van der Waals surface area contributed by atoms with E-state index in [9.17, 15) is 10.1 Å². The molecule has 0 bridgehead atoms. The summed E-state index contributed by atoms with van der Waals surface area (Å²) >= 11 is 1.48. The van der Waals surface area contributed by atoms with Crippen LogP contribution in [0.5, 0.6) is 0 Å². The van der Waals surface area contributed by atoms with Crippen LogP contribution < -0.4 is 16.0 Å². The van der Waals surface area contributed by atoms with Crippen LogP contribution in [0.25, 0.3) is 0 Å². The zero-order chi connectivity index (χ0) is 17.1. The molecule has 3 N–H and O–H groups in total. The van der Waals surface area contributed by atoms with Gasteiger partial charge in [0.05, 0.1) is 17.7 Å². The number of carbonyl (C=O) groups excluding carboxylic acids is 1. The zero-order valence-corrected chi connectivity index (χ0v) is 14.3. The molecule has 1 amide bonds. The Bertz CT molecular complexity index is 791. The molecule has 0 unspecified atom stereocenters. The maximum atomic E-state index is 11.9. The molecule has 0 spiro atoms. The van der Waals surface area contributed by atoms with Gasteiger partial charge in [0.15, 0.2) is 0 Å².